The zero-order valence-corrected chi connectivity index (χ0v) is 17.9. The van der Waals surface area contributed by atoms with Crippen LogP contribution in [0.15, 0.2) is 48.3 Å². The maximum atomic E-state index is 12.9. The van der Waals surface area contributed by atoms with Crippen LogP contribution in [0.5, 0.6) is 5.75 Å². The smallest absolute Gasteiger partial charge is 0.295 e. The van der Waals surface area contributed by atoms with Gasteiger partial charge >= 0.3 is 0 Å². The van der Waals surface area contributed by atoms with Crippen LogP contribution >= 0.6 is 11.6 Å². The van der Waals surface area contributed by atoms with Gasteiger partial charge < -0.3 is 14.7 Å². The van der Waals surface area contributed by atoms with Crippen molar-refractivity contribution in [2.24, 2.45) is 0 Å². The molecular weight excluding hydrogens is 404 g/mol. The summed E-state index contributed by atoms with van der Waals surface area (Å²) in [7, 11) is 0. The number of amides is 1. The third-order valence-electron chi connectivity index (χ3n) is 5.07. The van der Waals surface area contributed by atoms with Gasteiger partial charge in [0.2, 0.25) is 0 Å². The van der Waals surface area contributed by atoms with E-state index in [1.165, 1.54) is 4.90 Å². The normalized spacial score (nSPS) is 18.1. The Balaban J connectivity index is 2.11. The topological polar surface area (TPSA) is 79.7 Å². The van der Waals surface area contributed by atoms with Crippen LogP contribution < -0.4 is 4.74 Å². The van der Waals surface area contributed by atoms with E-state index in [0.29, 0.717) is 29.5 Å². The molecule has 0 aliphatic carbocycles. The first kappa shape index (κ1) is 21.8. The number of ketones is 1. The van der Waals surface area contributed by atoms with E-state index in [-0.39, 0.29) is 11.3 Å². The summed E-state index contributed by atoms with van der Waals surface area (Å²) in [6, 6.07) is 7.62. The summed E-state index contributed by atoms with van der Waals surface area (Å²) < 4.78 is 5.50. The Kier molecular flexibility index (Phi) is 7.11. The first-order chi connectivity index (χ1) is 14.5. The molecule has 2 heterocycles. The maximum absolute atomic E-state index is 12.9. The number of aromatic nitrogens is 1. The largest absolute Gasteiger partial charge is 0.507 e. The summed E-state index contributed by atoms with van der Waals surface area (Å²) in [6.45, 7) is 4.74. The second-order valence-electron chi connectivity index (χ2n) is 7.06. The van der Waals surface area contributed by atoms with Crippen molar-refractivity contribution < 1.29 is 19.4 Å². The lowest BCUT2D eigenvalue weighted by molar-refractivity contribution is -0.139. The lowest BCUT2D eigenvalue weighted by Gasteiger charge is -2.25. The highest BCUT2D eigenvalue weighted by Gasteiger charge is 2.45. The molecule has 1 aliphatic heterocycles. The Bertz CT molecular complexity index is 959. The highest BCUT2D eigenvalue weighted by Crippen LogP contribution is 2.40. The van der Waals surface area contributed by atoms with Gasteiger partial charge in [-0.25, -0.2) is 0 Å². The van der Waals surface area contributed by atoms with Gasteiger partial charge in [0.25, 0.3) is 11.7 Å². The minimum absolute atomic E-state index is 0.0625. The number of carbonyl (C=O) groups is 2. The van der Waals surface area contributed by atoms with Crippen LogP contribution in [0.4, 0.5) is 0 Å². The van der Waals surface area contributed by atoms with Crippen LogP contribution in [0.3, 0.4) is 0 Å². The van der Waals surface area contributed by atoms with Gasteiger partial charge in [0.05, 0.1) is 23.2 Å². The SMILES string of the molecule is CCCCCN1C(=O)C(=O)/C(=C(\O)c2ccc(Cl)c(OCC)c2)C1c1ccncc1. The van der Waals surface area contributed by atoms with Gasteiger partial charge in [-0.15, -0.1) is 0 Å². The summed E-state index contributed by atoms with van der Waals surface area (Å²) in [5, 5.41) is 11.5. The van der Waals surface area contributed by atoms with Gasteiger partial charge in [-0.2, -0.15) is 0 Å². The summed E-state index contributed by atoms with van der Waals surface area (Å²) in [6.07, 6.45) is 5.93. The molecule has 6 nitrogen and oxygen atoms in total. The first-order valence-electron chi connectivity index (χ1n) is 10.1. The number of halogens is 1. The molecule has 0 saturated carbocycles. The monoisotopic (exact) mass is 428 g/mol. The quantitative estimate of drug-likeness (QED) is 0.284. The van der Waals surface area contributed by atoms with Crippen molar-refractivity contribution in [2.75, 3.05) is 13.2 Å². The molecule has 7 heteroatoms. The fourth-order valence-electron chi connectivity index (χ4n) is 3.61. The number of carbonyl (C=O) groups excluding carboxylic acids is 2. The molecule has 1 aliphatic rings. The molecule has 0 bridgehead atoms. The van der Waals surface area contributed by atoms with Crippen LogP contribution in [0, 0.1) is 0 Å². The molecule has 30 heavy (non-hydrogen) atoms. The number of pyridine rings is 1. The standard InChI is InChI=1S/C23H25ClN2O4/c1-3-5-6-13-26-20(15-9-11-25-12-10-15)19(22(28)23(26)29)21(27)16-7-8-17(24)18(14-16)30-4-2/h7-12,14,20,27H,3-6,13H2,1-2H3/b21-19-. The molecule has 2 aromatic rings. The Morgan fingerprint density at radius 2 is 1.90 bits per heavy atom. The van der Waals surface area contributed by atoms with E-state index in [2.05, 4.69) is 11.9 Å². The number of hydrogen-bond donors (Lipinski definition) is 1. The molecule has 1 fully saturated rings. The van der Waals surface area contributed by atoms with Crippen LogP contribution in [0.1, 0.15) is 50.3 Å². The van der Waals surface area contributed by atoms with Gasteiger partial charge in [0, 0.05) is 24.5 Å². The molecule has 1 atom stereocenters. The fraction of sp³-hybridized carbons (Fsp3) is 0.348. The van der Waals surface area contributed by atoms with Gasteiger partial charge in [-0.1, -0.05) is 31.4 Å². The first-order valence-corrected chi connectivity index (χ1v) is 10.5. The molecule has 0 spiro atoms. The number of benzene rings is 1. The zero-order valence-electron chi connectivity index (χ0n) is 17.1. The molecule has 1 aromatic carbocycles. The number of hydrogen-bond acceptors (Lipinski definition) is 5. The molecule has 3 rings (SSSR count). The number of aliphatic hydroxyl groups is 1. The maximum Gasteiger partial charge on any atom is 0.295 e. The van der Waals surface area contributed by atoms with Gasteiger partial charge in [0.1, 0.15) is 11.5 Å². The van der Waals surface area contributed by atoms with Crippen LogP contribution in [-0.2, 0) is 9.59 Å². The number of Topliss-reactive ketones (excluding diaryl/α,β-unsaturated/α-hetero) is 1. The lowest BCUT2D eigenvalue weighted by atomic mass is 9.96. The predicted molar refractivity (Wildman–Crippen MR) is 115 cm³/mol. The van der Waals surface area contributed by atoms with Crippen molar-refractivity contribution in [3.05, 3.63) is 64.4 Å². The van der Waals surface area contributed by atoms with Crippen molar-refractivity contribution in [3.63, 3.8) is 0 Å². The van der Waals surface area contributed by atoms with E-state index in [9.17, 15) is 14.7 Å². The number of aliphatic hydroxyl groups excluding tert-OH is 1. The Morgan fingerprint density at radius 1 is 1.17 bits per heavy atom. The van der Waals surface area contributed by atoms with Gasteiger partial charge in [-0.3, -0.25) is 14.6 Å². The second kappa shape index (κ2) is 9.76. The average Bonchev–Trinajstić information content (AvgIpc) is 3.01. The number of unbranched alkanes of at least 4 members (excludes halogenated alkanes) is 2. The van der Waals surface area contributed by atoms with Crippen molar-refractivity contribution in [2.45, 2.75) is 39.2 Å². The Labute approximate surface area is 181 Å². The highest BCUT2D eigenvalue weighted by atomic mass is 35.5. The fourth-order valence-corrected chi connectivity index (χ4v) is 3.78. The number of nitrogens with zero attached hydrogens (tertiary/aromatic N) is 2. The summed E-state index contributed by atoms with van der Waals surface area (Å²) >= 11 is 6.15. The Morgan fingerprint density at radius 3 is 2.57 bits per heavy atom. The number of ether oxygens (including phenoxy) is 1. The average molecular weight is 429 g/mol. The minimum atomic E-state index is -0.696. The van der Waals surface area contributed by atoms with Crippen LogP contribution in [0.2, 0.25) is 5.02 Å². The van der Waals surface area contributed by atoms with E-state index in [0.717, 1.165) is 24.8 Å². The molecule has 1 amide bonds. The van der Waals surface area contributed by atoms with Gasteiger partial charge in [0.15, 0.2) is 0 Å². The number of likely N-dealkylation sites (tertiary alicyclic amines) is 1. The molecular formula is C23H25ClN2O4. The third kappa shape index (κ3) is 4.33. The highest BCUT2D eigenvalue weighted by molar-refractivity contribution is 6.46. The predicted octanol–water partition coefficient (Wildman–Crippen LogP) is 4.75. The van der Waals surface area contributed by atoms with E-state index in [4.69, 9.17) is 16.3 Å². The van der Waals surface area contributed by atoms with Crippen molar-refractivity contribution >= 4 is 29.1 Å². The van der Waals surface area contributed by atoms with Crippen molar-refractivity contribution in [1.82, 2.24) is 9.88 Å². The van der Waals surface area contributed by atoms with Crippen molar-refractivity contribution in [1.29, 1.82) is 0 Å². The van der Waals surface area contributed by atoms with E-state index in [1.807, 2.05) is 6.92 Å². The summed E-state index contributed by atoms with van der Waals surface area (Å²) in [5.41, 5.74) is 1.15. The lowest BCUT2D eigenvalue weighted by Crippen LogP contribution is -2.30. The zero-order chi connectivity index (χ0) is 21.7. The summed E-state index contributed by atoms with van der Waals surface area (Å²) in [5.74, 6) is -1.14. The molecule has 1 N–H and O–H groups in total. The molecule has 1 aromatic heterocycles. The molecule has 1 saturated heterocycles. The molecule has 1 unspecified atom stereocenters. The molecule has 158 valence electrons. The van der Waals surface area contributed by atoms with Crippen LogP contribution in [0.25, 0.3) is 5.76 Å². The molecule has 0 radical (unpaired) electrons. The Hall–Kier alpha value is -2.86. The van der Waals surface area contributed by atoms with Crippen molar-refractivity contribution in [3.8, 4) is 5.75 Å². The minimum Gasteiger partial charge on any atom is -0.507 e. The van der Waals surface area contributed by atoms with E-state index >= 15 is 0 Å². The van der Waals surface area contributed by atoms with E-state index < -0.39 is 17.7 Å². The third-order valence-corrected chi connectivity index (χ3v) is 5.38. The summed E-state index contributed by atoms with van der Waals surface area (Å²) in [4.78, 5) is 31.3. The van der Waals surface area contributed by atoms with E-state index in [1.54, 1.807) is 42.7 Å². The van der Waals surface area contributed by atoms with Gasteiger partial charge in [-0.05, 0) is 49.2 Å². The van der Waals surface area contributed by atoms with Crippen LogP contribution in [-0.4, -0.2) is 39.8 Å². The number of rotatable bonds is 8. The second-order valence-corrected chi connectivity index (χ2v) is 7.47.